The predicted molar refractivity (Wildman–Crippen MR) is 113 cm³/mol. The lowest BCUT2D eigenvalue weighted by molar-refractivity contribution is -0.142. The van der Waals surface area contributed by atoms with Crippen molar-refractivity contribution < 1.29 is 24.2 Å². The van der Waals surface area contributed by atoms with E-state index >= 15 is 0 Å². The van der Waals surface area contributed by atoms with Crippen molar-refractivity contribution in [3.8, 4) is 0 Å². The van der Waals surface area contributed by atoms with Crippen LogP contribution < -0.4 is 10.6 Å². The molecule has 2 atom stereocenters. The van der Waals surface area contributed by atoms with Gasteiger partial charge >= 0.3 is 5.97 Å². The van der Waals surface area contributed by atoms with Gasteiger partial charge in [0.2, 0.25) is 11.8 Å². The van der Waals surface area contributed by atoms with E-state index in [1.165, 1.54) is 0 Å². The third kappa shape index (κ3) is 8.51. The average molecular weight is 420 g/mol. The Hall–Kier alpha value is -2.45. The molecule has 1 heterocycles. The summed E-state index contributed by atoms with van der Waals surface area (Å²) in [5.41, 5.74) is 0.914. The average Bonchev–Trinajstić information content (AvgIpc) is 2.71. The van der Waals surface area contributed by atoms with Crippen LogP contribution in [0.1, 0.15) is 44.7 Å². The SMILES string of the molecule is CC(C)CC(NC(=O)CCC(NC(=O)CN1CCOCC1)c1ccccc1)C(=O)O. The van der Waals surface area contributed by atoms with E-state index in [1.807, 2.05) is 49.1 Å². The van der Waals surface area contributed by atoms with Crippen LogP contribution in [0.3, 0.4) is 0 Å². The van der Waals surface area contributed by atoms with Gasteiger partial charge in [-0.15, -0.1) is 0 Å². The topological polar surface area (TPSA) is 108 Å². The minimum atomic E-state index is -1.03. The molecule has 0 aliphatic carbocycles. The Labute approximate surface area is 178 Å². The second kappa shape index (κ2) is 12.3. The molecule has 2 unspecified atom stereocenters. The second-order valence-electron chi connectivity index (χ2n) is 8.05. The van der Waals surface area contributed by atoms with Gasteiger partial charge in [0.25, 0.3) is 0 Å². The van der Waals surface area contributed by atoms with Crippen LogP contribution in [0.4, 0.5) is 0 Å². The lowest BCUT2D eigenvalue weighted by Crippen LogP contribution is -2.44. The number of nitrogens with one attached hydrogen (secondary N) is 2. The molecule has 1 aliphatic heterocycles. The first-order chi connectivity index (χ1) is 14.3. The van der Waals surface area contributed by atoms with Crippen molar-refractivity contribution >= 4 is 17.8 Å². The molecule has 1 fully saturated rings. The molecule has 0 radical (unpaired) electrons. The summed E-state index contributed by atoms with van der Waals surface area (Å²) in [5, 5.41) is 14.9. The summed E-state index contributed by atoms with van der Waals surface area (Å²) in [6, 6.07) is 8.28. The van der Waals surface area contributed by atoms with Crippen LogP contribution in [0.15, 0.2) is 30.3 Å². The summed E-state index contributed by atoms with van der Waals surface area (Å²) in [6.07, 6.45) is 0.886. The van der Waals surface area contributed by atoms with Gasteiger partial charge in [-0.05, 0) is 24.3 Å². The quantitative estimate of drug-likeness (QED) is 0.503. The molecule has 1 saturated heterocycles. The van der Waals surface area contributed by atoms with Crippen LogP contribution in [-0.4, -0.2) is 66.7 Å². The van der Waals surface area contributed by atoms with Crippen molar-refractivity contribution in [1.82, 2.24) is 15.5 Å². The van der Waals surface area contributed by atoms with E-state index in [4.69, 9.17) is 4.74 Å². The summed E-state index contributed by atoms with van der Waals surface area (Å²) in [4.78, 5) is 38.3. The predicted octanol–water partition coefficient (Wildman–Crippen LogP) is 1.57. The monoisotopic (exact) mass is 419 g/mol. The van der Waals surface area contributed by atoms with E-state index in [1.54, 1.807) is 0 Å². The zero-order chi connectivity index (χ0) is 21.9. The van der Waals surface area contributed by atoms with Crippen LogP contribution in [0, 0.1) is 5.92 Å². The first-order valence-electron chi connectivity index (χ1n) is 10.5. The molecule has 30 heavy (non-hydrogen) atoms. The van der Waals surface area contributed by atoms with Gasteiger partial charge < -0.3 is 20.5 Å². The molecule has 0 spiro atoms. The summed E-state index contributed by atoms with van der Waals surface area (Å²) in [7, 11) is 0. The summed E-state index contributed by atoms with van der Waals surface area (Å²) < 4.78 is 5.31. The summed E-state index contributed by atoms with van der Waals surface area (Å²) >= 11 is 0. The highest BCUT2D eigenvalue weighted by Gasteiger charge is 2.23. The largest absolute Gasteiger partial charge is 0.480 e. The molecule has 3 N–H and O–H groups in total. The molecule has 166 valence electrons. The molecule has 0 saturated carbocycles. The van der Waals surface area contributed by atoms with E-state index < -0.39 is 12.0 Å². The Balaban J connectivity index is 1.93. The third-order valence-corrected chi connectivity index (χ3v) is 5.01. The molecule has 8 heteroatoms. The maximum absolute atomic E-state index is 12.6. The number of carboxylic acids is 1. The normalized spacial score (nSPS) is 16.6. The Morgan fingerprint density at radius 2 is 1.73 bits per heavy atom. The minimum Gasteiger partial charge on any atom is -0.480 e. The number of amides is 2. The highest BCUT2D eigenvalue weighted by Crippen LogP contribution is 2.19. The zero-order valence-electron chi connectivity index (χ0n) is 17.8. The lowest BCUT2D eigenvalue weighted by atomic mass is 10.0. The van der Waals surface area contributed by atoms with E-state index in [0.29, 0.717) is 26.1 Å². The van der Waals surface area contributed by atoms with Gasteiger partial charge in [0.1, 0.15) is 6.04 Å². The Bertz CT molecular complexity index is 689. The number of rotatable bonds is 11. The minimum absolute atomic E-state index is 0.102. The highest BCUT2D eigenvalue weighted by atomic mass is 16.5. The van der Waals surface area contributed by atoms with Gasteiger partial charge in [-0.2, -0.15) is 0 Å². The van der Waals surface area contributed by atoms with Crippen LogP contribution in [-0.2, 0) is 19.1 Å². The van der Waals surface area contributed by atoms with Crippen molar-refractivity contribution in [2.24, 2.45) is 5.92 Å². The summed E-state index contributed by atoms with van der Waals surface area (Å²) in [5.74, 6) is -1.31. The zero-order valence-corrected chi connectivity index (χ0v) is 17.8. The number of aliphatic carboxylic acids is 1. The molecule has 0 aromatic heterocycles. The van der Waals surface area contributed by atoms with Gasteiger partial charge in [-0.3, -0.25) is 14.5 Å². The van der Waals surface area contributed by atoms with Crippen LogP contribution >= 0.6 is 0 Å². The van der Waals surface area contributed by atoms with Gasteiger partial charge in [-0.25, -0.2) is 4.79 Å². The number of hydrogen-bond donors (Lipinski definition) is 3. The van der Waals surface area contributed by atoms with Gasteiger partial charge in [-0.1, -0.05) is 44.2 Å². The van der Waals surface area contributed by atoms with Crippen molar-refractivity contribution in [2.75, 3.05) is 32.8 Å². The number of ether oxygens (including phenoxy) is 1. The van der Waals surface area contributed by atoms with Gasteiger partial charge in [0.05, 0.1) is 25.8 Å². The van der Waals surface area contributed by atoms with Crippen molar-refractivity contribution in [2.45, 2.75) is 45.2 Å². The number of carbonyl (C=O) groups is 3. The second-order valence-corrected chi connectivity index (χ2v) is 8.05. The highest BCUT2D eigenvalue weighted by molar-refractivity contribution is 5.83. The Morgan fingerprint density at radius 3 is 2.33 bits per heavy atom. The van der Waals surface area contributed by atoms with E-state index in [0.717, 1.165) is 18.7 Å². The number of nitrogens with zero attached hydrogens (tertiary/aromatic N) is 1. The fourth-order valence-electron chi connectivity index (χ4n) is 3.44. The van der Waals surface area contributed by atoms with Crippen LogP contribution in [0.25, 0.3) is 0 Å². The fraction of sp³-hybridized carbons (Fsp3) is 0.591. The van der Waals surface area contributed by atoms with Gasteiger partial charge in [0, 0.05) is 19.5 Å². The molecule has 2 amide bonds. The number of carbonyl (C=O) groups excluding carboxylic acids is 2. The molecule has 0 bridgehead atoms. The molecule has 1 aromatic carbocycles. The number of morpholine rings is 1. The molecule has 1 aromatic rings. The smallest absolute Gasteiger partial charge is 0.326 e. The number of carboxylic acid groups (broad SMARTS) is 1. The standard InChI is InChI=1S/C22H33N3O5/c1-16(2)14-19(22(28)29)24-20(26)9-8-18(17-6-4-3-5-7-17)23-21(27)15-25-10-12-30-13-11-25/h3-7,16,18-19H,8-15H2,1-2H3,(H,23,27)(H,24,26)(H,28,29). The molecular weight excluding hydrogens is 386 g/mol. The maximum atomic E-state index is 12.6. The fourth-order valence-corrected chi connectivity index (χ4v) is 3.44. The number of benzene rings is 1. The number of hydrogen-bond acceptors (Lipinski definition) is 5. The van der Waals surface area contributed by atoms with Gasteiger partial charge in [0.15, 0.2) is 0 Å². The molecule has 2 rings (SSSR count). The molecular formula is C22H33N3O5. The van der Waals surface area contributed by atoms with Crippen molar-refractivity contribution in [1.29, 1.82) is 0 Å². The third-order valence-electron chi connectivity index (χ3n) is 5.01. The summed E-state index contributed by atoms with van der Waals surface area (Å²) in [6.45, 7) is 6.80. The first-order valence-corrected chi connectivity index (χ1v) is 10.5. The lowest BCUT2D eigenvalue weighted by Gasteiger charge is -2.27. The Morgan fingerprint density at radius 1 is 1.07 bits per heavy atom. The van der Waals surface area contributed by atoms with E-state index in [2.05, 4.69) is 10.6 Å². The van der Waals surface area contributed by atoms with Crippen molar-refractivity contribution in [3.63, 3.8) is 0 Å². The first kappa shape index (κ1) is 23.8. The van der Waals surface area contributed by atoms with Crippen LogP contribution in [0.5, 0.6) is 0 Å². The maximum Gasteiger partial charge on any atom is 0.326 e. The Kier molecular flexibility index (Phi) is 9.76. The van der Waals surface area contributed by atoms with E-state index in [9.17, 15) is 19.5 Å². The van der Waals surface area contributed by atoms with E-state index in [-0.39, 0.29) is 36.7 Å². The van der Waals surface area contributed by atoms with Crippen LogP contribution in [0.2, 0.25) is 0 Å². The molecule has 1 aliphatic rings. The van der Waals surface area contributed by atoms with Crippen molar-refractivity contribution in [3.05, 3.63) is 35.9 Å². The molecule has 8 nitrogen and oxygen atoms in total.